The van der Waals surface area contributed by atoms with Crippen LogP contribution in [0.1, 0.15) is 36.6 Å². The van der Waals surface area contributed by atoms with Crippen LogP contribution < -0.4 is 5.73 Å². The molecule has 0 bridgehead atoms. The van der Waals surface area contributed by atoms with Gasteiger partial charge in [0.25, 0.3) is 0 Å². The van der Waals surface area contributed by atoms with E-state index in [0.717, 1.165) is 16.9 Å². The van der Waals surface area contributed by atoms with Crippen LogP contribution in [-0.2, 0) is 0 Å². The molecule has 88 valence electrons. The summed E-state index contributed by atoms with van der Waals surface area (Å²) in [6.07, 6.45) is 5.34. The van der Waals surface area contributed by atoms with Crippen LogP contribution in [0.5, 0.6) is 0 Å². The monoisotopic (exact) mass is 244 g/mol. The summed E-state index contributed by atoms with van der Waals surface area (Å²) in [6, 6.07) is 7.96. The molecule has 0 spiro atoms. The highest BCUT2D eigenvalue weighted by atomic mass is 32.1. The lowest BCUT2D eigenvalue weighted by atomic mass is 10.1. The highest BCUT2D eigenvalue weighted by molar-refractivity contribution is 7.10. The van der Waals surface area contributed by atoms with Gasteiger partial charge in [-0.1, -0.05) is 25.0 Å². The molecule has 0 amide bonds. The maximum Gasteiger partial charge on any atom is 0.0963 e. The Morgan fingerprint density at radius 1 is 1.24 bits per heavy atom. The van der Waals surface area contributed by atoms with E-state index >= 15 is 0 Å². The molecule has 3 heteroatoms. The minimum absolute atomic E-state index is 0.704. The third-order valence-electron chi connectivity index (χ3n) is 3.41. The largest absolute Gasteiger partial charge is 0.399 e. The minimum Gasteiger partial charge on any atom is -0.399 e. The van der Waals surface area contributed by atoms with Gasteiger partial charge in [0.05, 0.1) is 10.7 Å². The number of hydrogen-bond donors (Lipinski definition) is 1. The SMILES string of the molecule is Nc1cccc(-c2csc(C3CCCC3)n2)c1. The Kier molecular flexibility index (Phi) is 2.85. The second kappa shape index (κ2) is 4.49. The summed E-state index contributed by atoms with van der Waals surface area (Å²) in [5.41, 5.74) is 8.81. The molecular weight excluding hydrogens is 228 g/mol. The molecular formula is C14H16N2S. The Morgan fingerprint density at radius 2 is 2.06 bits per heavy atom. The predicted octanol–water partition coefficient (Wildman–Crippen LogP) is 4.05. The lowest BCUT2D eigenvalue weighted by molar-refractivity contribution is 0.717. The van der Waals surface area contributed by atoms with Gasteiger partial charge in [0.15, 0.2) is 0 Å². The minimum atomic E-state index is 0.704. The van der Waals surface area contributed by atoms with Crippen LogP contribution >= 0.6 is 11.3 Å². The Morgan fingerprint density at radius 3 is 2.82 bits per heavy atom. The molecule has 2 N–H and O–H groups in total. The Labute approximate surface area is 106 Å². The summed E-state index contributed by atoms with van der Waals surface area (Å²) in [6.45, 7) is 0. The molecule has 2 nitrogen and oxygen atoms in total. The van der Waals surface area contributed by atoms with Gasteiger partial charge in [-0.3, -0.25) is 0 Å². The zero-order valence-corrected chi connectivity index (χ0v) is 10.5. The fourth-order valence-corrected chi connectivity index (χ4v) is 3.48. The van der Waals surface area contributed by atoms with Crippen molar-refractivity contribution < 1.29 is 0 Å². The van der Waals surface area contributed by atoms with Crippen molar-refractivity contribution in [3.05, 3.63) is 34.7 Å². The number of aromatic nitrogens is 1. The fraction of sp³-hybridized carbons (Fsp3) is 0.357. The predicted molar refractivity (Wildman–Crippen MR) is 73.2 cm³/mol. The van der Waals surface area contributed by atoms with Crippen molar-refractivity contribution in [3.8, 4) is 11.3 Å². The van der Waals surface area contributed by atoms with E-state index in [9.17, 15) is 0 Å². The first-order valence-electron chi connectivity index (χ1n) is 6.14. The van der Waals surface area contributed by atoms with Gasteiger partial charge in [-0.25, -0.2) is 4.98 Å². The van der Waals surface area contributed by atoms with Crippen molar-refractivity contribution >= 4 is 17.0 Å². The van der Waals surface area contributed by atoms with Gasteiger partial charge in [0.2, 0.25) is 0 Å². The molecule has 1 aromatic carbocycles. The first-order chi connectivity index (χ1) is 8.33. The molecule has 2 aromatic rings. The molecule has 0 aliphatic heterocycles. The Bertz CT molecular complexity index is 512. The van der Waals surface area contributed by atoms with Crippen molar-refractivity contribution in [1.82, 2.24) is 4.98 Å². The molecule has 0 radical (unpaired) electrons. The lowest BCUT2D eigenvalue weighted by Crippen LogP contribution is -1.91. The van der Waals surface area contributed by atoms with Gasteiger partial charge < -0.3 is 5.73 Å². The van der Waals surface area contributed by atoms with Crippen LogP contribution in [0.15, 0.2) is 29.6 Å². The zero-order chi connectivity index (χ0) is 11.7. The number of nitrogen functional groups attached to an aromatic ring is 1. The third-order valence-corrected chi connectivity index (χ3v) is 4.42. The average molecular weight is 244 g/mol. The second-order valence-electron chi connectivity index (χ2n) is 4.68. The van der Waals surface area contributed by atoms with E-state index in [-0.39, 0.29) is 0 Å². The number of hydrogen-bond acceptors (Lipinski definition) is 3. The fourth-order valence-electron chi connectivity index (χ4n) is 2.48. The highest BCUT2D eigenvalue weighted by Gasteiger charge is 2.20. The smallest absolute Gasteiger partial charge is 0.0963 e. The van der Waals surface area contributed by atoms with E-state index in [4.69, 9.17) is 10.7 Å². The summed E-state index contributed by atoms with van der Waals surface area (Å²) in [7, 11) is 0. The molecule has 1 fully saturated rings. The Balaban J connectivity index is 1.89. The van der Waals surface area contributed by atoms with Crippen LogP contribution in [0, 0.1) is 0 Å². The van der Waals surface area contributed by atoms with Gasteiger partial charge in [0, 0.05) is 22.5 Å². The van der Waals surface area contributed by atoms with Gasteiger partial charge in [-0.2, -0.15) is 0 Å². The molecule has 0 saturated heterocycles. The van der Waals surface area contributed by atoms with E-state index in [1.54, 1.807) is 11.3 Å². The molecule has 17 heavy (non-hydrogen) atoms. The average Bonchev–Trinajstić information content (AvgIpc) is 3.00. The van der Waals surface area contributed by atoms with Gasteiger partial charge in [-0.05, 0) is 25.0 Å². The summed E-state index contributed by atoms with van der Waals surface area (Å²) in [5.74, 6) is 0.704. The number of benzene rings is 1. The van der Waals surface area contributed by atoms with E-state index < -0.39 is 0 Å². The van der Waals surface area contributed by atoms with Crippen LogP contribution in [0.3, 0.4) is 0 Å². The van der Waals surface area contributed by atoms with Crippen molar-refractivity contribution in [2.45, 2.75) is 31.6 Å². The molecule has 3 rings (SSSR count). The number of anilines is 1. The second-order valence-corrected chi connectivity index (χ2v) is 5.57. The number of thiazole rings is 1. The maximum atomic E-state index is 5.80. The Hall–Kier alpha value is -1.35. The van der Waals surface area contributed by atoms with Crippen LogP contribution in [-0.4, -0.2) is 4.98 Å². The number of nitrogens with zero attached hydrogens (tertiary/aromatic N) is 1. The quantitative estimate of drug-likeness (QED) is 0.809. The molecule has 0 unspecified atom stereocenters. The standard InChI is InChI=1S/C14H16N2S/c15-12-7-3-6-11(8-12)13-9-17-14(16-13)10-4-1-2-5-10/h3,6-10H,1-2,4-5,15H2. The van der Waals surface area contributed by atoms with Gasteiger partial charge in [0.1, 0.15) is 0 Å². The van der Waals surface area contributed by atoms with Gasteiger partial charge >= 0.3 is 0 Å². The topological polar surface area (TPSA) is 38.9 Å². The molecule has 1 saturated carbocycles. The first-order valence-corrected chi connectivity index (χ1v) is 7.02. The maximum absolute atomic E-state index is 5.80. The van der Waals surface area contributed by atoms with E-state index in [2.05, 4.69) is 11.4 Å². The summed E-state index contributed by atoms with van der Waals surface area (Å²) >= 11 is 1.80. The normalized spacial score (nSPS) is 16.5. The molecule has 1 aliphatic carbocycles. The zero-order valence-electron chi connectivity index (χ0n) is 9.73. The molecule has 1 heterocycles. The van der Waals surface area contributed by atoms with E-state index in [1.165, 1.54) is 30.7 Å². The summed E-state index contributed by atoms with van der Waals surface area (Å²) < 4.78 is 0. The van der Waals surface area contributed by atoms with Crippen LogP contribution in [0.25, 0.3) is 11.3 Å². The van der Waals surface area contributed by atoms with Crippen molar-refractivity contribution in [2.24, 2.45) is 0 Å². The molecule has 1 aliphatic rings. The highest BCUT2D eigenvalue weighted by Crippen LogP contribution is 2.37. The van der Waals surface area contributed by atoms with E-state index in [1.807, 2.05) is 18.2 Å². The number of rotatable bonds is 2. The van der Waals surface area contributed by atoms with Crippen molar-refractivity contribution in [2.75, 3.05) is 5.73 Å². The molecule has 1 aromatic heterocycles. The summed E-state index contributed by atoms with van der Waals surface area (Å²) in [5, 5.41) is 3.46. The van der Waals surface area contributed by atoms with Crippen molar-refractivity contribution in [1.29, 1.82) is 0 Å². The molecule has 0 atom stereocenters. The summed E-state index contributed by atoms with van der Waals surface area (Å²) in [4.78, 5) is 4.77. The van der Waals surface area contributed by atoms with Crippen LogP contribution in [0.2, 0.25) is 0 Å². The number of nitrogens with two attached hydrogens (primary N) is 1. The van der Waals surface area contributed by atoms with E-state index in [0.29, 0.717) is 5.92 Å². The van der Waals surface area contributed by atoms with Crippen molar-refractivity contribution in [3.63, 3.8) is 0 Å². The first kappa shape index (κ1) is 10.8. The van der Waals surface area contributed by atoms with Crippen LogP contribution in [0.4, 0.5) is 5.69 Å². The third kappa shape index (κ3) is 2.20. The lowest BCUT2D eigenvalue weighted by Gasteiger charge is -2.03. The van der Waals surface area contributed by atoms with Gasteiger partial charge in [-0.15, -0.1) is 11.3 Å².